The third-order valence-electron chi connectivity index (χ3n) is 2.96. The van der Waals surface area contributed by atoms with Gasteiger partial charge in [-0.15, -0.1) is 0 Å². The largest absolute Gasteiger partial charge is 0.465 e. The predicted molar refractivity (Wildman–Crippen MR) is 79.1 cm³/mol. The topological polar surface area (TPSA) is 94.3 Å². The number of nitrogen functional groups attached to an aromatic ring is 1. The molecule has 0 atom stereocenters. The Labute approximate surface area is 121 Å². The number of anilines is 2. The van der Waals surface area contributed by atoms with Crippen LogP contribution in [0.2, 0.25) is 0 Å². The molecule has 0 saturated heterocycles. The minimum atomic E-state index is -0.470. The van der Waals surface area contributed by atoms with Crippen molar-refractivity contribution in [3.05, 3.63) is 53.3 Å². The van der Waals surface area contributed by atoms with E-state index in [0.717, 1.165) is 5.56 Å². The molecule has 6 nitrogen and oxygen atoms in total. The van der Waals surface area contributed by atoms with Gasteiger partial charge in [0, 0.05) is 11.9 Å². The molecule has 0 radical (unpaired) electrons. The van der Waals surface area contributed by atoms with Gasteiger partial charge in [0.1, 0.15) is 0 Å². The number of hydrogen-bond acceptors (Lipinski definition) is 5. The van der Waals surface area contributed by atoms with Crippen molar-refractivity contribution in [2.45, 2.75) is 6.92 Å². The van der Waals surface area contributed by atoms with Crippen molar-refractivity contribution < 1.29 is 14.3 Å². The van der Waals surface area contributed by atoms with Crippen LogP contribution in [0.3, 0.4) is 0 Å². The summed E-state index contributed by atoms with van der Waals surface area (Å²) in [5, 5.41) is 2.70. The predicted octanol–water partition coefficient (Wildman–Crippen LogP) is 2.01. The Bertz CT molecular complexity index is 698. The third kappa shape index (κ3) is 3.17. The molecule has 2 aromatic rings. The van der Waals surface area contributed by atoms with E-state index in [1.54, 1.807) is 30.3 Å². The molecule has 6 heteroatoms. The Morgan fingerprint density at radius 1 is 1.29 bits per heavy atom. The van der Waals surface area contributed by atoms with Crippen LogP contribution in [0.1, 0.15) is 26.4 Å². The van der Waals surface area contributed by atoms with Crippen LogP contribution in [-0.2, 0) is 4.74 Å². The van der Waals surface area contributed by atoms with E-state index >= 15 is 0 Å². The number of aromatic nitrogens is 1. The number of nitrogens with zero attached hydrogens (tertiary/aromatic N) is 1. The number of aryl methyl sites for hydroxylation is 1. The first-order valence-corrected chi connectivity index (χ1v) is 6.23. The number of hydrogen-bond donors (Lipinski definition) is 2. The van der Waals surface area contributed by atoms with Crippen molar-refractivity contribution >= 4 is 23.3 Å². The fourth-order valence-electron chi connectivity index (χ4n) is 1.79. The van der Waals surface area contributed by atoms with E-state index < -0.39 is 11.9 Å². The average Bonchev–Trinajstić information content (AvgIpc) is 2.49. The Balaban J connectivity index is 2.29. The Morgan fingerprint density at radius 3 is 2.71 bits per heavy atom. The molecule has 21 heavy (non-hydrogen) atoms. The molecule has 0 aliphatic carbocycles. The number of nitrogens with two attached hydrogens (primary N) is 1. The number of pyridine rings is 1. The molecule has 0 spiro atoms. The SMILES string of the molecule is COC(=O)c1ccc(C)c(NC(=O)c2ncccc2N)c1. The standard InChI is InChI=1S/C15H15N3O3/c1-9-5-6-10(15(20)21-2)8-12(9)18-14(19)13-11(16)4-3-7-17-13/h3-8H,16H2,1-2H3,(H,18,19). The lowest BCUT2D eigenvalue weighted by atomic mass is 10.1. The lowest BCUT2D eigenvalue weighted by molar-refractivity contribution is 0.0600. The van der Waals surface area contributed by atoms with Gasteiger partial charge >= 0.3 is 5.97 Å². The summed E-state index contributed by atoms with van der Waals surface area (Å²) in [6, 6.07) is 8.16. The highest BCUT2D eigenvalue weighted by molar-refractivity contribution is 6.07. The second-order valence-corrected chi connectivity index (χ2v) is 4.42. The monoisotopic (exact) mass is 285 g/mol. The second kappa shape index (κ2) is 6.04. The molecule has 1 aromatic heterocycles. The van der Waals surface area contributed by atoms with Crippen molar-refractivity contribution in [3.63, 3.8) is 0 Å². The van der Waals surface area contributed by atoms with Crippen LogP contribution >= 0.6 is 0 Å². The second-order valence-electron chi connectivity index (χ2n) is 4.42. The first-order chi connectivity index (χ1) is 10.0. The zero-order valence-electron chi connectivity index (χ0n) is 11.7. The summed E-state index contributed by atoms with van der Waals surface area (Å²) in [7, 11) is 1.30. The zero-order valence-corrected chi connectivity index (χ0v) is 11.7. The average molecular weight is 285 g/mol. The molecule has 0 fully saturated rings. The van der Waals surface area contributed by atoms with E-state index in [9.17, 15) is 9.59 Å². The van der Waals surface area contributed by atoms with Crippen molar-refractivity contribution in [1.29, 1.82) is 0 Å². The lowest BCUT2D eigenvalue weighted by Gasteiger charge is -2.10. The smallest absolute Gasteiger partial charge is 0.337 e. The summed E-state index contributed by atoms with van der Waals surface area (Å²) in [6.07, 6.45) is 1.49. The molecule has 108 valence electrons. The minimum absolute atomic E-state index is 0.139. The molecule has 2 rings (SSSR count). The van der Waals surface area contributed by atoms with E-state index in [1.165, 1.54) is 13.3 Å². The molecular formula is C15H15N3O3. The number of amides is 1. The van der Waals surface area contributed by atoms with Gasteiger partial charge in [-0.1, -0.05) is 6.07 Å². The first-order valence-electron chi connectivity index (χ1n) is 6.23. The van der Waals surface area contributed by atoms with E-state index in [2.05, 4.69) is 15.0 Å². The highest BCUT2D eigenvalue weighted by atomic mass is 16.5. The maximum Gasteiger partial charge on any atom is 0.337 e. The molecule has 0 saturated carbocycles. The van der Waals surface area contributed by atoms with Gasteiger partial charge < -0.3 is 15.8 Å². The van der Waals surface area contributed by atoms with Crippen LogP contribution in [0.15, 0.2) is 36.5 Å². The quantitative estimate of drug-likeness (QED) is 0.841. The van der Waals surface area contributed by atoms with Gasteiger partial charge in [-0.2, -0.15) is 0 Å². The van der Waals surface area contributed by atoms with E-state index in [4.69, 9.17) is 5.73 Å². The van der Waals surface area contributed by atoms with E-state index in [-0.39, 0.29) is 11.4 Å². The summed E-state index contributed by atoms with van der Waals surface area (Å²) < 4.78 is 4.66. The first kappa shape index (κ1) is 14.5. The molecule has 1 aromatic carbocycles. The molecule has 1 heterocycles. The summed E-state index contributed by atoms with van der Waals surface area (Å²) >= 11 is 0. The minimum Gasteiger partial charge on any atom is -0.465 e. The summed E-state index contributed by atoms with van der Waals surface area (Å²) in [5.74, 6) is -0.902. The molecule has 0 aliphatic rings. The van der Waals surface area contributed by atoms with Crippen LogP contribution in [0.5, 0.6) is 0 Å². The summed E-state index contributed by atoms with van der Waals surface area (Å²) in [4.78, 5) is 27.6. The van der Waals surface area contributed by atoms with Gasteiger partial charge in [0.2, 0.25) is 0 Å². The molecule has 0 unspecified atom stereocenters. The van der Waals surface area contributed by atoms with Crippen LogP contribution < -0.4 is 11.1 Å². The van der Waals surface area contributed by atoms with Gasteiger partial charge in [0.25, 0.3) is 5.91 Å². The van der Waals surface area contributed by atoms with Gasteiger partial charge in [0.05, 0.1) is 18.4 Å². The normalized spacial score (nSPS) is 10.0. The number of benzene rings is 1. The number of carbonyl (C=O) groups is 2. The molecular weight excluding hydrogens is 270 g/mol. The van der Waals surface area contributed by atoms with Crippen molar-refractivity contribution in [3.8, 4) is 0 Å². The number of rotatable bonds is 3. The Kier molecular flexibility index (Phi) is 4.18. The molecule has 1 amide bonds. The van der Waals surface area contributed by atoms with Gasteiger partial charge in [0.15, 0.2) is 5.69 Å². The number of methoxy groups -OCH3 is 1. The Hall–Kier alpha value is -2.89. The van der Waals surface area contributed by atoms with Gasteiger partial charge in [-0.25, -0.2) is 9.78 Å². The zero-order chi connectivity index (χ0) is 15.4. The van der Waals surface area contributed by atoms with Crippen LogP contribution in [0, 0.1) is 6.92 Å². The lowest BCUT2D eigenvalue weighted by Crippen LogP contribution is -2.17. The molecule has 3 N–H and O–H groups in total. The van der Waals surface area contributed by atoms with Crippen molar-refractivity contribution in [1.82, 2.24) is 4.98 Å². The maximum atomic E-state index is 12.2. The summed E-state index contributed by atoms with van der Waals surface area (Å²) in [5.41, 5.74) is 7.82. The summed E-state index contributed by atoms with van der Waals surface area (Å²) in [6.45, 7) is 1.82. The van der Waals surface area contributed by atoms with Crippen molar-refractivity contribution in [2.24, 2.45) is 0 Å². The van der Waals surface area contributed by atoms with Crippen LogP contribution in [0.25, 0.3) is 0 Å². The fraction of sp³-hybridized carbons (Fsp3) is 0.133. The van der Waals surface area contributed by atoms with Crippen molar-refractivity contribution in [2.75, 3.05) is 18.2 Å². The van der Waals surface area contributed by atoms with Crippen LogP contribution in [0.4, 0.5) is 11.4 Å². The van der Waals surface area contributed by atoms with Gasteiger partial charge in [-0.05, 0) is 36.8 Å². The Morgan fingerprint density at radius 2 is 2.05 bits per heavy atom. The van der Waals surface area contributed by atoms with E-state index in [0.29, 0.717) is 11.3 Å². The molecule has 0 bridgehead atoms. The number of carbonyl (C=O) groups excluding carboxylic acids is 2. The third-order valence-corrected chi connectivity index (χ3v) is 2.96. The molecule has 0 aliphatic heterocycles. The number of ether oxygens (including phenoxy) is 1. The fourth-order valence-corrected chi connectivity index (χ4v) is 1.79. The highest BCUT2D eigenvalue weighted by Gasteiger charge is 2.14. The highest BCUT2D eigenvalue weighted by Crippen LogP contribution is 2.19. The maximum absolute atomic E-state index is 12.2. The van der Waals surface area contributed by atoms with Gasteiger partial charge in [-0.3, -0.25) is 4.79 Å². The van der Waals surface area contributed by atoms with Crippen LogP contribution in [-0.4, -0.2) is 24.0 Å². The number of esters is 1. The number of nitrogens with one attached hydrogen (secondary N) is 1. The van der Waals surface area contributed by atoms with E-state index in [1.807, 2.05) is 6.92 Å².